The maximum absolute atomic E-state index is 6.58. The summed E-state index contributed by atoms with van der Waals surface area (Å²) < 4.78 is 4.63. The summed E-state index contributed by atoms with van der Waals surface area (Å²) in [5, 5.41) is 6.58. The van der Waals surface area contributed by atoms with E-state index in [0.717, 1.165) is 6.21 Å². The quantitative estimate of drug-likeness (QED) is 0.522. The molecule has 0 aromatic carbocycles. The molecule has 0 spiro atoms. The second-order valence-electron chi connectivity index (χ2n) is 1.01. The third-order valence-corrected chi connectivity index (χ3v) is 0.575. The number of rotatable bonds is 1. The first-order valence-corrected chi connectivity index (χ1v) is 1.83. The minimum atomic E-state index is 0.347. The first kappa shape index (κ1) is 4.05. The Labute approximate surface area is 40.5 Å². The van der Waals surface area contributed by atoms with Gasteiger partial charge in [-0.1, -0.05) is 0 Å². The Morgan fingerprint density at radius 2 is 2.71 bits per heavy atom. The van der Waals surface area contributed by atoms with E-state index in [1.165, 1.54) is 12.5 Å². The molecule has 1 heterocycles. The molecule has 0 unspecified atom stereocenters. The number of oxazole rings is 1. The zero-order valence-corrected chi connectivity index (χ0v) is 3.59. The van der Waals surface area contributed by atoms with Crippen LogP contribution in [0, 0.1) is 5.41 Å². The Bertz CT molecular complexity index is 145. The van der Waals surface area contributed by atoms with E-state index < -0.39 is 0 Å². The lowest BCUT2D eigenvalue weighted by Crippen LogP contribution is -1.72. The van der Waals surface area contributed by atoms with Gasteiger partial charge in [-0.15, -0.1) is 0 Å². The van der Waals surface area contributed by atoms with Crippen molar-refractivity contribution in [1.82, 2.24) is 4.98 Å². The molecule has 0 bridgehead atoms. The van der Waals surface area contributed by atoms with Gasteiger partial charge in [0, 0.05) is 0 Å². The van der Waals surface area contributed by atoms with Gasteiger partial charge in [0.05, 0.1) is 12.4 Å². The number of nitrogens with one attached hydrogen (secondary N) is 1. The van der Waals surface area contributed by atoms with Crippen molar-refractivity contribution >= 4 is 6.21 Å². The van der Waals surface area contributed by atoms with Crippen molar-refractivity contribution in [2.45, 2.75) is 0 Å². The van der Waals surface area contributed by atoms with E-state index in [1.807, 2.05) is 0 Å². The summed E-state index contributed by atoms with van der Waals surface area (Å²) in [7, 11) is 0. The predicted octanol–water partition coefficient (Wildman–Crippen LogP) is 0.672. The van der Waals surface area contributed by atoms with E-state index in [2.05, 4.69) is 9.40 Å². The van der Waals surface area contributed by atoms with E-state index in [-0.39, 0.29) is 0 Å². The molecule has 7 heavy (non-hydrogen) atoms. The summed E-state index contributed by atoms with van der Waals surface area (Å²) in [6.07, 6.45) is 3.99. The molecule has 3 heteroatoms. The molecule has 1 rings (SSSR count). The zero-order valence-electron chi connectivity index (χ0n) is 3.59. The van der Waals surface area contributed by atoms with Crippen molar-refractivity contribution in [3.05, 3.63) is 18.4 Å². The van der Waals surface area contributed by atoms with Crippen molar-refractivity contribution in [2.24, 2.45) is 0 Å². The number of hydrogen-bond donors (Lipinski definition) is 1. The third-order valence-electron chi connectivity index (χ3n) is 0.575. The third kappa shape index (κ3) is 0.652. The van der Waals surface area contributed by atoms with Gasteiger partial charge < -0.3 is 9.83 Å². The molecule has 3 nitrogen and oxygen atoms in total. The molecule has 0 radical (unpaired) electrons. The Morgan fingerprint density at radius 1 is 1.86 bits per heavy atom. The van der Waals surface area contributed by atoms with Crippen LogP contribution in [-0.4, -0.2) is 11.2 Å². The molecule has 0 amide bonds. The van der Waals surface area contributed by atoms with Crippen LogP contribution in [0.5, 0.6) is 0 Å². The molecule has 0 atom stereocenters. The van der Waals surface area contributed by atoms with Gasteiger partial charge in [-0.05, 0) is 0 Å². The highest BCUT2D eigenvalue weighted by atomic mass is 16.3. The van der Waals surface area contributed by atoms with Crippen LogP contribution in [0.2, 0.25) is 0 Å². The standard InChI is InChI=1S/C4H4N2O/c5-3-4-6-1-2-7-4/h1-3,5H. The topological polar surface area (TPSA) is 49.9 Å². The van der Waals surface area contributed by atoms with Crippen LogP contribution in [0.1, 0.15) is 5.89 Å². The largest absolute Gasteiger partial charge is 0.444 e. The summed E-state index contributed by atoms with van der Waals surface area (Å²) in [6.45, 7) is 0. The normalized spacial score (nSPS) is 8.57. The van der Waals surface area contributed by atoms with Crippen molar-refractivity contribution in [2.75, 3.05) is 0 Å². The van der Waals surface area contributed by atoms with Crippen molar-refractivity contribution < 1.29 is 4.42 Å². The van der Waals surface area contributed by atoms with Crippen LogP contribution in [-0.2, 0) is 0 Å². The average Bonchev–Trinajstić information content (AvgIpc) is 2.14. The monoisotopic (exact) mass is 96.0 g/mol. The van der Waals surface area contributed by atoms with Crippen molar-refractivity contribution in [1.29, 1.82) is 5.41 Å². The molecule has 0 aliphatic carbocycles. The van der Waals surface area contributed by atoms with Gasteiger partial charge in [0.25, 0.3) is 0 Å². The molecule has 0 saturated carbocycles. The molecular weight excluding hydrogens is 92.1 g/mol. The second-order valence-corrected chi connectivity index (χ2v) is 1.01. The highest BCUT2D eigenvalue weighted by molar-refractivity contribution is 5.69. The Morgan fingerprint density at radius 3 is 3.00 bits per heavy atom. The fraction of sp³-hybridized carbons (Fsp3) is 0. The van der Waals surface area contributed by atoms with Crippen LogP contribution in [0.15, 0.2) is 16.9 Å². The molecular formula is C4H4N2O. The van der Waals surface area contributed by atoms with Crippen LogP contribution in [0.4, 0.5) is 0 Å². The van der Waals surface area contributed by atoms with Crippen LogP contribution < -0.4 is 0 Å². The fourth-order valence-corrected chi connectivity index (χ4v) is 0.306. The minimum Gasteiger partial charge on any atom is -0.444 e. The van der Waals surface area contributed by atoms with Gasteiger partial charge in [0.1, 0.15) is 6.26 Å². The molecule has 36 valence electrons. The Hall–Kier alpha value is -1.12. The number of aromatic nitrogens is 1. The Kier molecular flexibility index (Phi) is 0.898. The smallest absolute Gasteiger partial charge is 0.236 e. The first-order chi connectivity index (χ1) is 3.43. The lowest BCUT2D eigenvalue weighted by atomic mass is 10.7. The highest BCUT2D eigenvalue weighted by Crippen LogP contribution is 1.85. The van der Waals surface area contributed by atoms with Crippen molar-refractivity contribution in [3.63, 3.8) is 0 Å². The van der Waals surface area contributed by atoms with Crippen LogP contribution in [0.3, 0.4) is 0 Å². The first-order valence-electron chi connectivity index (χ1n) is 1.83. The fourth-order valence-electron chi connectivity index (χ4n) is 0.306. The molecule has 0 aliphatic rings. The molecule has 0 saturated heterocycles. The second kappa shape index (κ2) is 1.55. The van der Waals surface area contributed by atoms with Gasteiger partial charge in [0.15, 0.2) is 0 Å². The Balaban J connectivity index is 2.96. The number of nitrogens with zero attached hydrogens (tertiary/aromatic N) is 1. The van der Waals surface area contributed by atoms with E-state index in [4.69, 9.17) is 5.41 Å². The van der Waals surface area contributed by atoms with E-state index >= 15 is 0 Å². The van der Waals surface area contributed by atoms with Crippen molar-refractivity contribution in [3.8, 4) is 0 Å². The molecule has 1 aromatic heterocycles. The van der Waals surface area contributed by atoms with E-state index in [0.29, 0.717) is 5.89 Å². The summed E-state index contributed by atoms with van der Waals surface area (Å²) in [6, 6.07) is 0. The minimum absolute atomic E-state index is 0.347. The van der Waals surface area contributed by atoms with Crippen LogP contribution >= 0.6 is 0 Å². The molecule has 1 aromatic rings. The van der Waals surface area contributed by atoms with Gasteiger partial charge in [-0.3, -0.25) is 0 Å². The van der Waals surface area contributed by atoms with E-state index in [1.54, 1.807) is 0 Å². The highest BCUT2D eigenvalue weighted by Gasteiger charge is 1.83. The number of hydrogen-bond acceptors (Lipinski definition) is 3. The summed E-state index contributed by atoms with van der Waals surface area (Å²) in [5.41, 5.74) is 0. The SMILES string of the molecule is N=Cc1ncco1. The molecule has 1 N–H and O–H groups in total. The summed E-state index contributed by atoms with van der Waals surface area (Å²) in [5.74, 6) is 0.347. The molecule has 0 fully saturated rings. The zero-order chi connectivity index (χ0) is 5.11. The lowest BCUT2D eigenvalue weighted by Gasteiger charge is -1.69. The maximum Gasteiger partial charge on any atom is 0.236 e. The molecule has 0 aliphatic heterocycles. The average molecular weight is 96.1 g/mol. The predicted molar refractivity (Wildman–Crippen MR) is 24.4 cm³/mol. The van der Waals surface area contributed by atoms with Gasteiger partial charge >= 0.3 is 0 Å². The van der Waals surface area contributed by atoms with E-state index in [9.17, 15) is 0 Å². The van der Waals surface area contributed by atoms with Gasteiger partial charge in [-0.2, -0.15) is 0 Å². The summed E-state index contributed by atoms with van der Waals surface area (Å²) >= 11 is 0. The maximum atomic E-state index is 6.58. The van der Waals surface area contributed by atoms with Crippen LogP contribution in [0.25, 0.3) is 0 Å². The lowest BCUT2D eigenvalue weighted by molar-refractivity contribution is 0.549. The van der Waals surface area contributed by atoms with Gasteiger partial charge in [-0.25, -0.2) is 4.98 Å². The summed E-state index contributed by atoms with van der Waals surface area (Å²) in [4.78, 5) is 3.62. The van der Waals surface area contributed by atoms with Gasteiger partial charge in [0.2, 0.25) is 5.89 Å².